The van der Waals surface area contributed by atoms with Gasteiger partial charge in [-0.3, -0.25) is 4.79 Å². The van der Waals surface area contributed by atoms with Crippen LogP contribution < -0.4 is 34.6 Å². The molecular weight excluding hydrogens is 1430 g/mol. The number of fused-ring (bicyclic) bond motifs is 12. The van der Waals surface area contributed by atoms with Crippen LogP contribution in [0, 0.1) is 0 Å². The second-order valence-corrected chi connectivity index (χ2v) is 49.8. The molecule has 6 aromatic rings. The number of hydrogen-bond donors (Lipinski definition) is 5. The summed E-state index contributed by atoms with van der Waals surface area (Å²) in [6.45, 7) is 14.0. The number of unbranched alkanes of at least 4 members (excludes halogenated alkanes) is 3. The van der Waals surface area contributed by atoms with Gasteiger partial charge in [-0.1, -0.05) is 0 Å². The maximum absolute atomic E-state index is 12.9. The molecule has 6 aliphatic heterocycles. The van der Waals surface area contributed by atoms with Crippen molar-refractivity contribution in [3.8, 4) is 0 Å². The number of carbonyl (C=O) groups excluding carboxylic acids is 1. The first-order chi connectivity index (χ1) is 47.9. The van der Waals surface area contributed by atoms with Gasteiger partial charge in [-0.2, -0.15) is 5.90 Å². The zero-order valence-electron chi connectivity index (χ0n) is 57.6. The third-order valence-electron chi connectivity index (χ3n) is 21.1. The van der Waals surface area contributed by atoms with E-state index in [0.717, 1.165) is 69.6 Å². The van der Waals surface area contributed by atoms with Gasteiger partial charge < -0.3 is 4.84 Å². The zero-order chi connectivity index (χ0) is 72.3. The predicted octanol–water partition coefficient (Wildman–Crippen LogP) is 5.07. The molecule has 0 fully saturated rings. The van der Waals surface area contributed by atoms with Crippen molar-refractivity contribution < 1.29 is 86.4 Å². The first-order valence-corrected chi connectivity index (χ1v) is 49.6. The van der Waals surface area contributed by atoms with E-state index in [1.807, 2.05) is 48.5 Å². The van der Waals surface area contributed by atoms with Crippen LogP contribution in [0.5, 0.6) is 0 Å². The molecular formula is C64H92N14O16S4Si3+2. The van der Waals surface area contributed by atoms with Crippen molar-refractivity contribution in [1.29, 1.82) is 0 Å². The second-order valence-electron chi connectivity index (χ2n) is 28.8. The van der Waals surface area contributed by atoms with Crippen molar-refractivity contribution in [3.05, 3.63) is 130 Å². The van der Waals surface area contributed by atoms with E-state index in [1.165, 1.54) is 0 Å². The molecule has 0 aliphatic carbocycles. The van der Waals surface area contributed by atoms with Gasteiger partial charge in [0.25, 0.3) is 0 Å². The van der Waals surface area contributed by atoms with Gasteiger partial charge in [-0.15, -0.1) is 0 Å². The Bertz CT molecular complexity index is 4890. The molecule has 1 unspecified atom stereocenters. The zero-order valence-corrected chi connectivity index (χ0v) is 63.9. The molecule has 30 nitrogen and oxygen atoms in total. The van der Waals surface area contributed by atoms with Gasteiger partial charge in [0, 0.05) is 0 Å². The van der Waals surface area contributed by atoms with Crippen LogP contribution in [0.3, 0.4) is 0 Å². The summed E-state index contributed by atoms with van der Waals surface area (Å²) in [6.07, 6.45) is 4.96. The molecule has 1 atom stereocenters. The minimum absolute atomic E-state index is 0.000409. The SMILES string of the molecule is CCCC[N+](CCCCCC(=O)ON)(CCC[Si](C)(C)O[Si-2]123(O[Si](C)(C)CCC[N+](CCCS(=O)(=O)O)(CCCS(=O)(=O)ON)CCCS(=O)(=O)ON)n4c5c6ccccc6c4N=C4c6ccccc6C(=[N+]41)N=c1c4ccccc4c(n12)=NC1=[N+]3C(=N5)c2ccccc21)CCCS(=O)(=O)ON. The number of aromatic nitrogens is 2. The topological polar surface area (TPSA) is 399 Å². The van der Waals surface area contributed by atoms with Crippen LogP contribution in [-0.2, 0) is 71.2 Å². The third-order valence-corrected chi connectivity index (χ3v) is 41.8. The number of carbonyl (C=O) groups is 1. The van der Waals surface area contributed by atoms with Crippen molar-refractivity contribution >= 4 is 127 Å². The molecule has 101 heavy (non-hydrogen) atoms. The molecule has 0 amide bonds. The third kappa shape index (κ3) is 12.9. The summed E-state index contributed by atoms with van der Waals surface area (Å²) in [6, 6.07) is 33.2. The standard InChI is InChI=1S/C64H91N14O16S4Si3/c1-6-7-34-77(37-20-43-96(83,84)90-66,35-18-8-9-33-56(79)89-65)40-23-46-99(2,3)93-101(94-100(4,5)47-24-41-78(36-19-42-95(80,81)82,38-21-44-97(85,86)91-67)39-22-45-98(87,88)92-68)73-57-48-25-10-11-26-49(48)58(73)70-60-52-29-14-15-30-53(52)62(75(60)101)72-64-55-32-17-16-31-54(55)63(76(64)101)71-61-51-28-13-12-27-50(51)59(69-57)74(61)101/h10-17,25-32H,6-9,18-24,33-47,65-68H2,1-5H3/q+1/p+1. The molecule has 37 heteroatoms. The minimum atomic E-state index is -7.36. The molecule has 0 radical (unpaired) electrons. The fourth-order valence-corrected chi connectivity index (χ4v) is 41.7. The average Bonchev–Trinajstić information content (AvgIpc) is 1.56. The van der Waals surface area contributed by atoms with E-state index in [-0.39, 0.29) is 68.5 Å². The van der Waals surface area contributed by atoms with Crippen LogP contribution in [0.25, 0.3) is 21.5 Å². The Balaban J connectivity index is 1.11. The van der Waals surface area contributed by atoms with E-state index in [9.17, 15) is 51.2 Å². The summed E-state index contributed by atoms with van der Waals surface area (Å²) >= 11 is 0. The van der Waals surface area contributed by atoms with Crippen molar-refractivity contribution in [2.24, 2.45) is 43.6 Å². The summed E-state index contributed by atoms with van der Waals surface area (Å²) in [4.78, 5) is 40.2. The van der Waals surface area contributed by atoms with Gasteiger partial charge in [-0.25, -0.2) is 0 Å². The van der Waals surface area contributed by atoms with Gasteiger partial charge in [0.1, 0.15) is 0 Å². The number of rotatable bonds is 40. The van der Waals surface area contributed by atoms with Crippen molar-refractivity contribution in [1.82, 2.24) is 8.47 Å². The molecule has 4 aromatic carbocycles. The summed E-state index contributed by atoms with van der Waals surface area (Å²) in [5.74, 6) is 21.8. The van der Waals surface area contributed by atoms with Crippen molar-refractivity contribution in [2.45, 2.75) is 122 Å². The number of nitrogens with two attached hydrogens (primary N) is 4. The maximum atomic E-state index is 12.9. The van der Waals surface area contributed by atoms with Crippen LogP contribution in [0.4, 0.5) is 11.6 Å². The molecule has 2 aromatic heterocycles. The van der Waals surface area contributed by atoms with Gasteiger partial charge in [-0.05, 0) is 0 Å². The Morgan fingerprint density at radius 3 is 1.24 bits per heavy atom. The van der Waals surface area contributed by atoms with Crippen LogP contribution in [0.15, 0.2) is 117 Å². The van der Waals surface area contributed by atoms with Gasteiger partial charge in [0.2, 0.25) is 0 Å². The Morgan fingerprint density at radius 2 is 0.842 bits per heavy atom. The number of amidine groups is 4. The van der Waals surface area contributed by atoms with Crippen LogP contribution >= 0.6 is 0 Å². The summed E-state index contributed by atoms with van der Waals surface area (Å²) in [5.41, 5.74) is 4.16. The number of hydrogen-bond acceptors (Lipinski definition) is 23. The van der Waals surface area contributed by atoms with Crippen molar-refractivity contribution in [3.63, 3.8) is 0 Å². The molecule has 1 spiro atoms. The fraction of sp³-hybridized carbons (Fsp3) is 0.484. The Morgan fingerprint density at radius 1 is 0.475 bits per heavy atom. The van der Waals surface area contributed by atoms with Gasteiger partial charge >= 0.3 is 578 Å². The van der Waals surface area contributed by atoms with Gasteiger partial charge in [0.15, 0.2) is 0 Å². The molecule has 9 N–H and O–H groups in total. The van der Waals surface area contributed by atoms with E-state index in [1.54, 1.807) is 0 Å². The molecule has 0 saturated heterocycles. The second kappa shape index (κ2) is 27.3. The number of quaternary nitrogens is 2. The molecule has 8 heterocycles. The average molecular weight is 1530 g/mol. The fourth-order valence-electron chi connectivity index (χ4n) is 17.2. The van der Waals surface area contributed by atoms with E-state index < -0.39 is 88.1 Å². The van der Waals surface area contributed by atoms with Gasteiger partial charge in [0.05, 0.1) is 0 Å². The Kier molecular flexibility index (Phi) is 20.1. The van der Waals surface area contributed by atoms with E-state index in [4.69, 9.17) is 43.6 Å². The van der Waals surface area contributed by atoms with Crippen LogP contribution in [-0.4, -0.2) is 193 Å². The Hall–Kier alpha value is -6.32. The van der Waals surface area contributed by atoms with Crippen molar-refractivity contribution in [2.75, 3.05) is 75.4 Å². The Labute approximate surface area is 590 Å². The number of benzene rings is 4. The summed E-state index contributed by atoms with van der Waals surface area (Å²) in [7, 11) is -31.6. The molecule has 0 saturated carbocycles. The quantitative estimate of drug-likeness (QED) is 0.0110. The molecule has 6 aliphatic rings. The first-order valence-electron chi connectivity index (χ1n) is 34.4. The normalized spacial score (nSPS) is 18.1. The first kappa shape index (κ1) is 74.4. The molecule has 0 bridgehead atoms. The summed E-state index contributed by atoms with van der Waals surface area (Å²) in [5, 5.41) is 3.10. The number of nitrogens with zero attached hydrogens (tertiary/aromatic N) is 10. The summed E-state index contributed by atoms with van der Waals surface area (Å²) < 4.78 is 154. The van der Waals surface area contributed by atoms with E-state index >= 15 is 0 Å². The molecule has 12 rings (SSSR count). The van der Waals surface area contributed by atoms with Crippen LogP contribution in [0.1, 0.15) is 106 Å². The van der Waals surface area contributed by atoms with E-state index in [2.05, 4.69) is 116 Å². The monoisotopic (exact) mass is 1520 g/mol. The van der Waals surface area contributed by atoms with E-state index in [0.29, 0.717) is 108 Å². The number of aliphatic imine (C=N–C) groups is 2. The predicted molar refractivity (Wildman–Crippen MR) is 388 cm³/mol. The molecule has 548 valence electrons. The van der Waals surface area contributed by atoms with Crippen LogP contribution in [0.2, 0.25) is 38.3 Å².